The first kappa shape index (κ1) is 58.6. The topological polar surface area (TPSA) is 78.9 Å². The second kappa shape index (κ2) is 50.3. The van der Waals surface area contributed by atoms with Crippen LogP contribution in [0, 0.1) is 0 Å². The molecule has 6 nitrogen and oxygen atoms in total. The van der Waals surface area contributed by atoms with E-state index in [1.54, 1.807) is 0 Å². The number of unbranched alkanes of at least 4 members (excludes halogenated alkanes) is 31. The number of esters is 3. The molecular weight excluding hydrogens is 757 g/mol. The van der Waals surface area contributed by atoms with E-state index in [0.717, 1.165) is 83.5 Å². The first-order valence-corrected chi connectivity index (χ1v) is 26.5. The molecular formula is C55H100O6. The third kappa shape index (κ3) is 48.5. The zero-order chi connectivity index (χ0) is 44.4. The fourth-order valence-electron chi connectivity index (χ4n) is 7.59. The fraction of sp³-hybridized carbons (Fsp3) is 0.836. The summed E-state index contributed by atoms with van der Waals surface area (Å²) in [6.45, 7) is 6.61. The van der Waals surface area contributed by atoms with Crippen LogP contribution in [0.3, 0.4) is 0 Å². The minimum absolute atomic E-state index is 0.0770. The summed E-state index contributed by atoms with van der Waals surface area (Å²) < 4.78 is 16.8. The molecule has 0 aromatic rings. The highest BCUT2D eigenvalue weighted by Crippen LogP contribution is 2.15. The zero-order valence-corrected chi connectivity index (χ0v) is 40.7. The number of allylic oxidation sites excluding steroid dienone is 6. The lowest BCUT2D eigenvalue weighted by atomic mass is 10.0. The summed E-state index contributed by atoms with van der Waals surface area (Å²) in [5, 5.41) is 0. The predicted molar refractivity (Wildman–Crippen MR) is 261 cm³/mol. The molecule has 0 heterocycles. The van der Waals surface area contributed by atoms with Crippen LogP contribution >= 0.6 is 0 Å². The number of carbonyl (C=O) groups excluding carboxylic acids is 3. The van der Waals surface area contributed by atoms with E-state index in [-0.39, 0.29) is 31.1 Å². The maximum atomic E-state index is 12.8. The van der Waals surface area contributed by atoms with Gasteiger partial charge in [-0.1, -0.05) is 218 Å². The summed E-state index contributed by atoms with van der Waals surface area (Å²) >= 11 is 0. The highest BCUT2D eigenvalue weighted by atomic mass is 16.6. The summed E-state index contributed by atoms with van der Waals surface area (Å²) in [5.41, 5.74) is 0. The summed E-state index contributed by atoms with van der Waals surface area (Å²) in [5.74, 6) is -0.889. The Labute approximate surface area is 378 Å². The molecule has 1 unspecified atom stereocenters. The SMILES string of the molecule is CCCCC/C=C\C/C=C\CCCCCCCC(=O)OCC(COC(=O)CCCCCCCCCCCCCCC)OC(=O)CCCCCCC/C=C/CCCCCCCC. The second-order valence-corrected chi connectivity index (χ2v) is 17.8. The van der Waals surface area contributed by atoms with E-state index >= 15 is 0 Å². The average molecular weight is 857 g/mol. The van der Waals surface area contributed by atoms with Crippen LogP contribution in [0.1, 0.15) is 278 Å². The van der Waals surface area contributed by atoms with Gasteiger partial charge in [0.25, 0.3) is 0 Å². The van der Waals surface area contributed by atoms with E-state index in [2.05, 4.69) is 57.2 Å². The first-order valence-electron chi connectivity index (χ1n) is 26.5. The summed E-state index contributed by atoms with van der Waals surface area (Å²) in [6, 6.07) is 0. The molecule has 0 fully saturated rings. The van der Waals surface area contributed by atoms with Gasteiger partial charge in [0.1, 0.15) is 13.2 Å². The van der Waals surface area contributed by atoms with Crippen molar-refractivity contribution in [3.8, 4) is 0 Å². The monoisotopic (exact) mass is 857 g/mol. The van der Waals surface area contributed by atoms with Crippen molar-refractivity contribution in [3.05, 3.63) is 36.5 Å². The molecule has 0 amide bonds. The van der Waals surface area contributed by atoms with Crippen LogP contribution in [0.25, 0.3) is 0 Å². The predicted octanol–water partition coefficient (Wildman–Crippen LogP) is 17.3. The Hall–Kier alpha value is -2.37. The molecule has 356 valence electrons. The fourth-order valence-corrected chi connectivity index (χ4v) is 7.59. The van der Waals surface area contributed by atoms with E-state index in [4.69, 9.17) is 14.2 Å². The quantitative estimate of drug-likeness (QED) is 0.0262. The van der Waals surface area contributed by atoms with Crippen LogP contribution in [-0.2, 0) is 28.6 Å². The molecule has 61 heavy (non-hydrogen) atoms. The molecule has 0 aromatic heterocycles. The number of hydrogen-bond donors (Lipinski definition) is 0. The molecule has 0 saturated carbocycles. The van der Waals surface area contributed by atoms with E-state index in [1.165, 1.54) is 154 Å². The van der Waals surface area contributed by atoms with Crippen LogP contribution < -0.4 is 0 Å². The highest BCUT2D eigenvalue weighted by molar-refractivity contribution is 5.71. The Kier molecular flexibility index (Phi) is 48.3. The molecule has 0 aromatic carbocycles. The van der Waals surface area contributed by atoms with Gasteiger partial charge in [0.05, 0.1) is 0 Å². The zero-order valence-electron chi connectivity index (χ0n) is 40.7. The highest BCUT2D eigenvalue weighted by Gasteiger charge is 2.19. The molecule has 1 atom stereocenters. The molecule has 6 heteroatoms. The average Bonchev–Trinajstić information content (AvgIpc) is 3.26. The molecule has 0 aliphatic carbocycles. The molecule has 0 radical (unpaired) electrons. The van der Waals surface area contributed by atoms with Gasteiger partial charge in [-0.2, -0.15) is 0 Å². The number of hydrogen-bond acceptors (Lipinski definition) is 6. The Morgan fingerprint density at radius 3 is 0.951 bits per heavy atom. The molecule has 0 aliphatic rings. The van der Waals surface area contributed by atoms with Gasteiger partial charge in [-0.15, -0.1) is 0 Å². The van der Waals surface area contributed by atoms with Gasteiger partial charge in [-0.3, -0.25) is 14.4 Å². The lowest BCUT2D eigenvalue weighted by Gasteiger charge is -2.18. The summed E-state index contributed by atoms with van der Waals surface area (Å²) in [7, 11) is 0. The van der Waals surface area contributed by atoms with Crippen molar-refractivity contribution < 1.29 is 28.6 Å². The Morgan fingerprint density at radius 2 is 0.590 bits per heavy atom. The molecule has 0 spiro atoms. The number of rotatable bonds is 48. The minimum Gasteiger partial charge on any atom is -0.462 e. The number of ether oxygens (including phenoxy) is 3. The summed E-state index contributed by atoms with van der Waals surface area (Å²) in [4.78, 5) is 38.0. The largest absolute Gasteiger partial charge is 0.462 e. The maximum Gasteiger partial charge on any atom is 0.306 e. The van der Waals surface area contributed by atoms with E-state index in [1.807, 2.05) is 0 Å². The van der Waals surface area contributed by atoms with Gasteiger partial charge in [-0.25, -0.2) is 0 Å². The Balaban J connectivity index is 4.39. The lowest BCUT2D eigenvalue weighted by molar-refractivity contribution is -0.167. The van der Waals surface area contributed by atoms with Crippen molar-refractivity contribution in [2.75, 3.05) is 13.2 Å². The number of carbonyl (C=O) groups is 3. The smallest absolute Gasteiger partial charge is 0.306 e. The van der Waals surface area contributed by atoms with Gasteiger partial charge in [0, 0.05) is 19.3 Å². The van der Waals surface area contributed by atoms with Crippen LogP contribution in [0.2, 0.25) is 0 Å². The van der Waals surface area contributed by atoms with Crippen molar-refractivity contribution in [1.82, 2.24) is 0 Å². The van der Waals surface area contributed by atoms with Gasteiger partial charge in [-0.05, 0) is 77.0 Å². The second-order valence-electron chi connectivity index (χ2n) is 17.8. The van der Waals surface area contributed by atoms with Gasteiger partial charge >= 0.3 is 17.9 Å². The van der Waals surface area contributed by atoms with Gasteiger partial charge in [0.2, 0.25) is 0 Å². The molecule has 0 N–H and O–H groups in total. The van der Waals surface area contributed by atoms with E-state index < -0.39 is 6.10 Å². The third-order valence-corrected chi connectivity index (χ3v) is 11.6. The molecule has 0 bridgehead atoms. The van der Waals surface area contributed by atoms with Crippen LogP contribution in [0.15, 0.2) is 36.5 Å². The summed E-state index contributed by atoms with van der Waals surface area (Å²) in [6.07, 6.45) is 58.3. The lowest BCUT2D eigenvalue weighted by Crippen LogP contribution is -2.30. The van der Waals surface area contributed by atoms with E-state index in [9.17, 15) is 14.4 Å². The van der Waals surface area contributed by atoms with Crippen molar-refractivity contribution in [2.24, 2.45) is 0 Å². The van der Waals surface area contributed by atoms with Crippen molar-refractivity contribution in [3.63, 3.8) is 0 Å². The van der Waals surface area contributed by atoms with Crippen molar-refractivity contribution in [2.45, 2.75) is 284 Å². The van der Waals surface area contributed by atoms with Gasteiger partial charge in [0.15, 0.2) is 6.10 Å². The van der Waals surface area contributed by atoms with Crippen LogP contribution in [-0.4, -0.2) is 37.2 Å². The minimum atomic E-state index is -0.778. The van der Waals surface area contributed by atoms with E-state index in [0.29, 0.717) is 19.3 Å². The first-order chi connectivity index (χ1) is 30.0. The molecule has 0 rings (SSSR count). The molecule has 0 aliphatic heterocycles. The molecule has 0 saturated heterocycles. The normalized spacial score (nSPS) is 12.2. The van der Waals surface area contributed by atoms with Crippen LogP contribution in [0.4, 0.5) is 0 Å². The Morgan fingerprint density at radius 1 is 0.328 bits per heavy atom. The maximum absolute atomic E-state index is 12.8. The Bertz CT molecular complexity index is 1030. The van der Waals surface area contributed by atoms with Crippen molar-refractivity contribution >= 4 is 17.9 Å². The third-order valence-electron chi connectivity index (χ3n) is 11.6. The van der Waals surface area contributed by atoms with Crippen LogP contribution in [0.5, 0.6) is 0 Å². The standard InChI is InChI=1S/C55H100O6/c1-4-7-10-13-16-19-22-25-27-30-33-36-39-42-45-48-54(57)60-51-52(50-59-53(56)47-44-41-38-35-32-29-24-21-18-15-12-9-6-3)61-55(58)49-46-43-40-37-34-31-28-26-23-20-17-14-11-8-5-2/h16,19,25-28,52H,4-15,17-18,20-24,29-51H2,1-3H3/b19-16-,27-25-,28-26+. The van der Waals surface area contributed by atoms with Gasteiger partial charge < -0.3 is 14.2 Å². The van der Waals surface area contributed by atoms with Crippen molar-refractivity contribution in [1.29, 1.82) is 0 Å².